The van der Waals surface area contributed by atoms with Crippen molar-refractivity contribution in [1.82, 2.24) is 34.5 Å². The number of carbonyl (C=O) groups excluding carboxylic acids is 1. The summed E-state index contributed by atoms with van der Waals surface area (Å²) >= 11 is 6.45. The Bertz CT molecular complexity index is 1310. The van der Waals surface area contributed by atoms with Crippen molar-refractivity contribution in [1.29, 1.82) is 0 Å². The molecule has 1 aromatic carbocycles. The highest BCUT2D eigenvalue weighted by Gasteiger charge is 2.56. The maximum Gasteiger partial charge on any atom is 0.242 e. The Hall–Kier alpha value is -3.04. The van der Waals surface area contributed by atoms with Gasteiger partial charge in [-0.1, -0.05) is 11.6 Å². The highest BCUT2D eigenvalue weighted by Crippen LogP contribution is 2.46. The fraction of sp³-hybridized carbons (Fsp3) is 0.500. The lowest BCUT2D eigenvalue weighted by Crippen LogP contribution is -2.48. The zero-order valence-electron chi connectivity index (χ0n) is 21.0. The van der Waals surface area contributed by atoms with E-state index in [1.165, 1.54) is 0 Å². The second-order valence-electron chi connectivity index (χ2n) is 10.4. The standard InChI is InChI=1S/C26H31ClN8O/c1-17-28-11-6-22(29-17)33-12-7-18(8-13-33)24-31-30-23-16-34(26(9-10-26)25(36)32(2)3)15-19-14-20(27)4-5-21(19)35(23)24/h4-6,11,14,18H,7-10,12-13,15-16H2,1-3H3. The number of halogens is 1. The maximum atomic E-state index is 13.2. The van der Waals surface area contributed by atoms with Gasteiger partial charge in [-0.3, -0.25) is 14.3 Å². The predicted octanol–water partition coefficient (Wildman–Crippen LogP) is 3.34. The lowest BCUT2D eigenvalue weighted by atomic mass is 9.95. The molecule has 10 heteroatoms. The van der Waals surface area contributed by atoms with Gasteiger partial charge in [0, 0.05) is 50.9 Å². The average molecular weight is 507 g/mol. The summed E-state index contributed by atoms with van der Waals surface area (Å²) in [5.74, 6) is 4.11. The Balaban J connectivity index is 1.32. The van der Waals surface area contributed by atoms with Gasteiger partial charge in [0.05, 0.1) is 12.2 Å². The van der Waals surface area contributed by atoms with E-state index in [0.717, 1.165) is 73.3 Å². The fourth-order valence-electron chi connectivity index (χ4n) is 5.78. The van der Waals surface area contributed by atoms with Gasteiger partial charge in [0.25, 0.3) is 0 Å². The second-order valence-corrected chi connectivity index (χ2v) is 10.8. The second kappa shape index (κ2) is 8.81. The molecule has 0 radical (unpaired) electrons. The van der Waals surface area contributed by atoms with Crippen LogP contribution < -0.4 is 4.90 Å². The number of hydrogen-bond acceptors (Lipinski definition) is 7. The van der Waals surface area contributed by atoms with E-state index in [1.54, 1.807) is 4.90 Å². The largest absolute Gasteiger partial charge is 0.356 e. The third-order valence-electron chi connectivity index (χ3n) is 7.81. The van der Waals surface area contributed by atoms with E-state index in [-0.39, 0.29) is 5.91 Å². The predicted molar refractivity (Wildman–Crippen MR) is 137 cm³/mol. The van der Waals surface area contributed by atoms with Crippen molar-refractivity contribution in [3.05, 3.63) is 58.5 Å². The highest BCUT2D eigenvalue weighted by atomic mass is 35.5. The van der Waals surface area contributed by atoms with Crippen molar-refractivity contribution >= 4 is 23.3 Å². The molecule has 0 atom stereocenters. The van der Waals surface area contributed by atoms with Crippen LogP contribution in [0.1, 0.15) is 54.6 Å². The van der Waals surface area contributed by atoms with Crippen LogP contribution in [0.15, 0.2) is 30.5 Å². The van der Waals surface area contributed by atoms with Crippen molar-refractivity contribution in [2.75, 3.05) is 32.1 Å². The van der Waals surface area contributed by atoms with E-state index >= 15 is 0 Å². The number of rotatable bonds is 4. The lowest BCUT2D eigenvalue weighted by Gasteiger charge is -2.32. The smallest absolute Gasteiger partial charge is 0.242 e. The summed E-state index contributed by atoms with van der Waals surface area (Å²) in [6, 6.07) is 8.01. The number of fused-ring (bicyclic) bond motifs is 3. The molecule has 36 heavy (non-hydrogen) atoms. The molecule has 2 aliphatic heterocycles. The first kappa shape index (κ1) is 23.4. The van der Waals surface area contributed by atoms with Gasteiger partial charge >= 0.3 is 0 Å². The van der Waals surface area contributed by atoms with Crippen molar-refractivity contribution in [2.45, 2.75) is 57.2 Å². The first-order valence-electron chi connectivity index (χ1n) is 12.6. The van der Waals surface area contributed by atoms with Crippen LogP contribution >= 0.6 is 11.6 Å². The Morgan fingerprint density at radius 1 is 1.11 bits per heavy atom. The summed E-state index contributed by atoms with van der Waals surface area (Å²) in [4.78, 5) is 28.3. The average Bonchev–Trinajstić information content (AvgIpc) is 3.61. The molecule has 0 spiro atoms. The number of aryl methyl sites for hydroxylation is 1. The Kier molecular flexibility index (Phi) is 5.72. The number of anilines is 1. The summed E-state index contributed by atoms with van der Waals surface area (Å²) in [5.41, 5.74) is 1.71. The number of piperidine rings is 1. The van der Waals surface area contributed by atoms with Crippen molar-refractivity contribution in [3.63, 3.8) is 0 Å². The van der Waals surface area contributed by atoms with E-state index in [4.69, 9.17) is 16.7 Å². The van der Waals surface area contributed by atoms with Crippen LogP contribution in [0.4, 0.5) is 5.82 Å². The molecule has 2 aromatic heterocycles. The molecule has 1 saturated heterocycles. The normalized spacial score (nSPS) is 19.4. The molecule has 3 aliphatic rings. The third kappa shape index (κ3) is 3.94. The van der Waals surface area contributed by atoms with Crippen LogP contribution in [0, 0.1) is 6.92 Å². The summed E-state index contributed by atoms with van der Waals surface area (Å²) < 4.78 is 2.23. The number of carbonyl (C=O) groups is 1. The van der Waals surface area contributed by atoms with Gasteiger partial charge < -0.3 is 9.80 Å². The SMILES string of the molecule is Cc1nccc(N2CCC(c3nnc4n3-c3ccc(Cl)cc3CN(C3(C(=O)N(C)C)CC3)C4)CC2)n1. The van der Waals surface area contributed by atoms with Crippen LogP contribution in [-0.2, 0) is 17.9 Å². The van der Waals surface area contributed by atoms with Crippen LogP contribution in [0.2, 0.25) is 5.02 Å². The van der Waals surface area contributed by atoms with Gasteiger partial charge in [0.2, 0.25) is 5.91 Å². The fourth-order valence-corrected chi connectivity index (χ4v) is 5.97. The van der Waals surface area contributed by atoms with Gasteiger partial charge in [-0.05, 0) is 62.4 Å². The Morgan fingerprint density at radius 2 is 1.89 bits per heavy atom. The van der Waals surface area contributed by atoms with Gasteiger partial charge in [0.1, 0.15) is 23.0 Å². The number of benzene rings is 1. The molecule has 0 bridgehead atoms. The molecule has 6 rings (SSSR count). The van der Waals surface area contributed by atoms with Gasteiger partial charge in [-0.25, -0.2) is 9.97 Å². The number of nitrogens with zero attached hydrogens (tertiary/aromatic N) is 8. The molecule has 1 aliphatic carbocycles. The van der Waals surface area contributed by atoms with E-state index in [0.29, 0.717) is 24.0 Å². The molecule has 2 fully saturated rings. The molecule has 0 unspecified atom stereocenters. The quantitative estimate of drug-likeness (QED) is 0.536. The number of hydrogen-bond donors (Lipinski definition) is 0. The van der Waals surface area contributed by atoms with Crippen molar-refractivity contribution in [3.8, 4) is 5.69 Å². The number of aromatic nitrogens is 5. The topological polar surface area (TPSA) is 83.3 Å². The molecule has 0 N–H and O–H groups in total. The third-order valence-corrected chi connectivity index (χ3v) is 8.04. The molecule has 3 aromatic rings. The number of amides is 1. The molecule has 1 saturated carbocycles. The minimum absolute atomic E-state index is 0.159. The molecule has 4 heterocycles. The van der Waals surface area contributed by atoms with Gasteiger partial charge in [0.15, 0.2) is 5.82 Å². The zero-order chi connectivity index (χ0) is 25.0. The monoisotopic (exact) mass is 506 g/mol. The Labute approximate surface area is 216 Å². The highest BCUT2D eigenvalue weighted by molar-refractivity contribution is 6.30. The van der Waals surface area contributed by atoms with Gasteiger partial charge in [-0.15, -0.1) is 10.2 Å². The van der Waals surface area contributed by atoms with Crippen LogP contribution in [-0.4, -0.2) is 73.2 Å². The van der Waals surface area contributed by atoms with Crippen LogP contribution in [0.3, 0.4) is 0 Å². The summed E-state index contributed by atoms with van der Waals surface area (Å²) in [7, 11) is 3.67. The van der Waals surface area contributed by atoms with E-state index < -0.39 is 5.54 Å². The summed E-state index contributed by atoms with van der Waals surface area (Å²) in [6.07, 6.45) is 5.49. The van der Waals surface area contributed by atoms with E-state index in [1.807, 2.05) is 45.4 Å². The van der Waals surface area contributed by atoms with Crippen molar-refractivity contribution < 1.29 is 4.79 Å². The van der Waals surface area contributed by atoms with Gasteiger partial charge in [-0.2, -0.15) is 0 Å². The first-order chi connectivity index (χ1) is 17.4. The number of likely N-dealkylation sites (N-methyl/N-ethyl adjacent to an activating group) is 1. The molecular formula is C26H31ClN8O. The summed E-state index contributed by atoms with van der Waals surface area (Å²) in [5, 5.41) is 10.1. The minimum Gasteiger partial charge on any atom is -0.356 e. The Morgan fingerprint density at radius 3 is 2.58 bits per heavy atom. The maximum absolute atomic E-state index is 13.2. The molecular weight excluding hydrogens is 476 g/mol. The molecule has 1 amide bonds. The van der Waals surface area contributed by atoms with Crippen molar-refractivity contribution in [2.24, 2.45) is 0 Å². The minimum atomic E-state index is -0.467. The molecule has 9 nitrogen and oxygen atoms in total. The van der Waals surface area contributed by atoms with E-state index in [2.05, 4.69) is 35.5 Å². The van der Waals surface area contributed by atoms with E-state index in [9.17, 15) is 4.79 Å². The zero-order valence-corrected chi connectivity index (χ0v) is 21.7. The first-order valence-corrected chi connectivity index (χ1v) is 13.0. The lowest BCUT2D eigenvalue weighted by molar-refractivity contribution is -0.136. The van der Waals surface area contributed by atoms with Crippen LogP contribution in [0.5, 0.6) is 0 Å². The molecule has 188 valence electrons. The summed E-state index contributed by atoms with van der Waals surface area (Å²) in [6.45, 7) is 4.97. The van der Waals surface area contributed by atoms with Crippen LogP contribution in [0.25, 0.3) is 5.69 Å².